The highest BCUT2D eigenvalue weighted by atomic mass is 16.5. The topological polar surface area (TPSA) is 38.3 Å². The number of carbonyl (C=O) groups excluding carboxylic acids is 1. The number of rotatable bonds is 7. The lowest BCUT2D eigenvalue weighted by atomic mass is 10.0. The first kappa shape index (κ1) is 13.4. The molecule has 1 unspecified atom stereocenters. The molecule has 0 saturated heterocycles. The Morgan fingerprint density at radius 3 is 2.43 bits per heavy atom. The molecule has 0 aliphatic rings. The van der Waals surface area contributed by atoms with Crippen LogP contribution in [-0.2, 0) is 9.53 Å². The van der Waals surface area contributed by atoms with Crippen molar-refractivity contribution in [3.05, 3.63) is 0 Å². The quantitative estimate of drug-likeness (QED) is 0.640. The summed E-state index contributed by atoms with van der Waals surface area (Å²) < 4.78 is 4.92. The maximum Gasteiger partial charge on any atom is 0.307 e. The van der Waals surface area contributed by atoms with E-state index < -0.39 is 0 Å². The van der Waals surface area contributed by atoms with Crippen LogP contribution in [-0.4, -0.2) is 25.2 Å². The summed E-state index contributed by atoms with van der Waals surface area (Å²) in [7, 11) is 0. The fourth-order valence-corrected chi connectivity index (χ4v) is 1.52. The molecular weight excluding hydrogens is 178 g/mol. The summed E-state index contributed by atoms with van der Waals surface area (Å²) in [6.07, 6.45) is 1.51. The first-order chi connectivity index (χ1) is 6.60. The minimum absolute atomic E-state index is 0.0981. The van der Waals surface area contributed by atoms with Crippen LogP contribution < -0.4 is 5.32 Å². The number of nitrogens with one attached hydrogen (secondary N) is 1. The number of hydrogen-bond acceptors (Lipinski definition) is 3. The van der Waals surface area contributed by atoms with Gasteiger partial charge in [-0.15, -0.1) is 0 Å². The summed E-state index contributed by atoms with van der Waals surface area (Å²) in [4.78, 5) is 11.2. The number of ether oxygens (including phenoxy) is 1. The highest BCUT2D eigenvalue weighted by Gasteiger charge is 2.14. The molecule has 0 aliphatic heterocycles. The highest BCUT2D eigenvalue weighted by Crippen LogP contribution is 2.08. The van der Waals surface area contributed by atoms with Crippen LogP contribution in [0.5, 0.6) is 0 Å². The van der Waals surface area contributed by atoms with Crippen LogP contribution in [0.25, 0.3) is 0 Å². The van der Waals surface area contributed by atoms with Gasteiger partial charge in [-0.2, -0.15) is 0 Å². The van der Waals surface area contributed by atoms with E-state index in [1.54, 1.807) is 0 Å². The average molecular weight is 201 g/mol. The normalized spacial score (nSPS) is 12.9. The molecule has 0 bridgehead atoms. The molecule has 0 spiro atoms. The van der Waals surface area contributed by atoms with Crippen molar-refractivity contribution in [2.45, 2.75) is 46.6 Å². The second-order valence-corrected chi connectivity index (χ2v) is 3.89. The molecule has 1 N–H and O–H groups in total. The lowest BCUT2D eigenvalue weighted by Gasteiger charge is -2.18. The molecule has 0 aromatic carbocycles. The molecule has 14 heavy (non-hydrogen) atoms. The lowest BCUT2D eigenvalue weighted by molar-refractivity contribution is -0.143. The minimum Gasteiger partial charge on any atom is -0.466 e. The summed E-state index contributed by atoms with van der Waals surface area (Å²) >= 11 is 0. The Hall–Kier alpha value is -0.570. The molecule has 0 aromatic rings. The van der Waals surface area contributed by atoms with Crippen molar-refractivity contribution in [2.75, 3.05) is 13.2 Å². The molecule has 0 radical (unpaired) electrons. The standard InChI is InChI=1S/C11H23NO2/c1-5-12-10(7-9(3)4)8-11(13)14-6-2/h9-10,12H,5-8H2,1-4H3. The lowest BCUT2D eigenvalue weighted by Crippen LogP contribution is -2.33. The van der Waals surface area contributed by atoms with Gasteiger partial charge in [0.2, 0.25) is 0 Å². The van der Waals surface area contributed by atoms with Crippen molar-refractivity contribution in [1.29, 1.82) is 0 Å². The van der Waals surface area contributed by atoms with Crippen LogP contribution in [0.2, 0.25) is 0 Å². The third-order valence-corrected chi connectivity index (χ3v) is 1.97. The molecule has 3 heteroatoms. The molecule has 84 valence electrons. The summed E-state index contributed by atoms with van der Waals surface area (Å²) in [6.45, 7) is 9.59. The van der Waals surface area contributed by atoms with Gasteiger partial charge in [-0.25, -0.2) is 0 Å². The van der Waals surface area contributed by atoms with Crippen LogP contribution in [0, 0.1) is 5.92 Å². The van der Waals surface area contributed by atoms with E-state index in [-0.39, 0.29) is 12.0 Å². The van der Waals surface area contributed by atoms with Crippen molar-refractivity contribution in [1.82, 2.24) is 5.32 Å². The minimum atomic E-state index is -0.0981. The first-order valence-corrected chi connectivity index (χ1v) is 5.49. The highest BCUT2D eigenvalue weighted by molar-refractivity contribution is 5.70. The van der Waals surface area contributed by atoms with E-state index in [0.29, 0.717) is 18.9 Å². The van der Waals surface area contributed by atoms with E-state index in [9.17, 15) is 4.79 Å². The summed E-state index contributed by atoms with van der Waals surface area (Å²) in [5, 5.41) is 3.30. The maximum atomic E-state index is 11.2. The monoisotopic (exact) mass is 201 g/mol. The number of hydrogen-bond donors (Lipinski definition) is 1. The molecule has 0 amide bonds. The van der Waals surface area contributed by atoms with E-state index in [1.165, 1.54) is 0 Å². The maximum absolute atomic E-state index is 11.2. The number of carbonyl (C=O) groups is 1. The van der Waals surface area contributed by atoms with Gasteiger partial charge in [0.25, 0.3) is 0 Å². The zero-order valence-corrected chi connectivity index (χ0v) is 9.80. The Kier molecular flexibility index (Phi) is 7.48. The van der Waals surface area contributed by atoms with E-state index in [2.05, 4.69) is 26.1 Å². The Bertz CT molecular complexity index is 157. The van der Waals surface area contributed by atoms with Crippen LogP contribution in [0.4, 0.5) is 0 Å². The fraction of sp³-hybridized carbons (Fsp3) is 0.909. The molecule has 0 aromatic heterocycles. The van der Waals surface area contributed by atoms with Gasteiger partial charge < -0.3 is 10.1 Å². The van der Waals surface area contributed by atoms with Gasteiger partial charge in [0.1, 0.15) is 0 Å². The van der Waals surface area contributed by atoms with Gasteiger partial charge >= 0.3 is 5.97 Å². The van der Waals surface area contributed by atoms with Gasteiger partial charge in [-0.1, -0.05) is 20.8 Å². The van der Waals surface area contributed by atoms with Crippen molar-refractivity contribution in [3.63, 3.8) is 0 Å². The molecule has 0 saturated carbocycles. The van der Waals surface area contributed by atoms with Gasteiger partial charge in [0.15, 0.2) is 0 Å². The van der Waals surface area contributed by atoms with E-state index in [4.69, 9.17) is 4.74 Å². The van der Waals surface area contributed by atoms with Gasteiger partial charge in [-0.05, 0) is 25.8 Å². The second kappa shape index (κ2) is 7.80. The van der Waals surface area contributed by atoms with E-state index in [1.807, 2.05) is 6.92 Å². The SMILES string of the molecule is CCNC(CC(=O)OCC)CC(C)C. The van der Waals surface area contributed by atoms with E-state index in [0.717, 1.165) is 13.0 Å². The average Bonchev–Trinajstić information content (AvgIpc) is 2.03. The largest absolute Gasteiger partial charge is 0.466 e. The fourth-order valence-electron chi connectivity index (χ4n) is 1.52. The molecule has 0 aliphatic carbocycles. The Balaban J connectivity index is 3.88. The van der Waals surface area contributed by atoms with Crippen LogP contribution >= 0.6 is 0 Å². The summed E-state index contributed by atoms with van der Waals surface area (Å²) in [5.74, 6) is 0.507. The van der Waals surface area contributed by atoms with Crippen molar-refractivity contribution >= 4 is 5.97 Å². The molecule has 0 fully saturated rings. The van der Waals surface area contributed by atoms with Gasteiger partial charge in [0.05, 0.1) is 13.0 Å². The van der Waals surface area contributed by atoms with Crippen molar-refractivity contribution < 1.29 is 9.53 Å². The Labute approximate surface area is 87.2 Å². The predicted molar refractivity (Wildman–Crippen MR) is 58.2 cm³/mol. The van der Waals surface area contributed by atoms with Crippen molar-refractivity contribution in [2.24, 2.45) is 5.92 Å². The van der Waals surface area contributed by atoms with Crippen molar-refractivity contribution in [3.8, 4) is 0 Å². The molecule has 3 nitrogen and oxygen atoms in total. The molecule has 0 heterocycles. The second-order valence-electron chi connectivity index (χ2n) is 3.89. The zero-order chi connectivity index (χ0) is 11.0. The Morgan fingerprint density at radius 2 is 2.00 bits per heavy atom. The smallest absolute Gasteiger partial charge is 0.307 e. The van der Waals surface area contributed by atoms with Crippen LogP contribution in [0.3, 0.4) is 0 Å². The third-order valence-electron chi connectivity index (χ3n) is 1.97. The number of esters is 1. The molecular formula is C11H23NO2. The van der Waals surface area contributed by atoms with Gasteiger partial charge in [0, 0.05) is 6.04 Å². The van der Waals surface area contributed by atoms with Gasteiger partial charge in [-0.3, -0.25) is 4.79 Å². The zero-order valence-electron chi connectivity index (χ0n) is 9.80. The first-order valence-electron chi connectivity index (χ1n) is 5.49. The van der Waals surface area contributed by atoms with Crippen LogP contribution in [0.15, 0.2) is 0 Å². The van der Waals surface area contributed by atoms with Crippen LogP contribution in [0.1, 0.15) is 40.5 Å². The van der Waals surface area contributed by atoms with E-state index >= 15 is 0 Å². The molecule has 1 atom stereocenters. The molecule has 0 rings (SSSR count). The Morgan fingerprint density at radius 1 is 1.36 bits per heavy atom. The third kappa shape index (κ3) is 6.89. The summed E-state index contributed by atoms with van der Waals surface area (Å²) in [5.41, 5.74) is 0. The summed E-state index contributed by atoms with van der Waals surface area (Å²) in [6, 6.07) is 0.263. The predicted octanol–water partition coefficient (Wildman–Crippen LogP) is 1.96.